The van der Waals surface area contributed by atoms with E-state index < -0.39 is 6.04 Å². The zero-order chi connectivity index (χ0) is 12.0. The lowest BCUT2D eigenvalue weighted by Gasteiger charge is -2.19. The fourth-order valence-corrected chi connectivity index (χ4v) is 2.04. The topological polar surface area (TPSA) is 46.3 Å². The highest BCUT2D eigenvalue weighted by molar-refractivity contribution is 7.09. The predicted molar refractivity (Wildman–Crippen MR) is 67.1 cm³/mol. The van der Waals surface area contributed by atoms with Crippen LogP contribution in [0.3, 0.4) is 0 Å². The van der Waals surface area contributed by atoms with Gasteiger partial charge in [0.25, 0.3) is 0 Å². The van der Waals surface area contributed by atoms with Crippen LogP contribution < -0.4 is 5.73 Å². The Morgan fingerprint density at radius 1 is 1.75 bits per heavy atom. The molecular weight excluding hydrogens is 220 g/mol. The average Bonchev–Trinajstić information content (AvgIpc) is 2.78. The van der Waals surface area contributed by atoms with Crippen LogP contribution in [0.15, 0.2) is 17.5 Å². The normalized spacial score (nSPS) is 11.8. The molecule has 86 valence electrons. The quantitative estimate of drug-likeness (QED) is 0.778. The van der Waals surface area contributed by atoms with E-state index >= 15 is 0 Å². The summed E-state index contributed by atoms with van der Waals surface area (Å²) in [6.45, 7) is 0.678. The first kappa shape index (κ1) is 12.8. The summed E-state index contributed by atoms with van der Waals surface area (Å²) in [6, 6.07) is 3.49. The van der Waals surface area contributed by atoms with E-state index in [4.69, 9.17) is 12.2 Å². The zero-order valence-electron chi connectivity index (χ0n) is 9.35. The van der Waals surface area contributed by atoms with Crippen molar-refractivity contribution in [3.8, 4) is 12.3 Å². The van der Waals surface area contributed by atoms with Crippen LogP contribution in [-0.4, -0.2) is 30.4 Å². The molecule has 1 rings (SSSR count). The van der Waals surface area contributed by atoms with E-state index in [1.807, 2.05) is 11.4 Å². The first-order valence-electron chi connectivity index (χ1n) is 5.11. The molecule has 16 heavy (non-hydrogen) atoms. The Balaban J connectivity index is 2.37. The van der Waals surface area contributed by atoms with Gasteiger partial charge in [0, 0.05) is 24.9 Å². The van der Waals surface area contributed by atoms with Crippen LogP contribution in [0.4, 0.5) is 0 Å². The maximum atomic E-state index is 11.7. The van der Waals surface area contributed by atoms with Crippen molar-refractivity contribution < 1.29 is 4.79 Å². The maximum absolute atomic E-state index is 11.7. The Labute approximate surface area is 100 Å². The number of amides is 1. The van der Waals surface area contributed by atoms with Gasteiger partial charge in [0.1, 0.15) is 0 Å². The van der Waals surface area contributed by atoms with E-state index in [0.29, 0.717) is 13.0 Å². The lowest BCUT2D eigenvalue weighted by Crippen LogP contribution is -2.42. The van der Waals surface area contributed by atoms with E-state index in [2.05, 4.69) is 12.0 Å². The molecule has 0 aliphatic carbocycles. The summed E-state index contributed by atoms with van der Waals surface area (Å²) in [7, 11) is 1.76. The van der Waals surface area contributed by atoms with Gasteiger partial charge in [-0.15, -0.1) is 23.7 Å². The van der Waals surface area contributed by atoms with Crippen LogP contribution in [0.2, 0.25) is 0 Å². The number of hydrogen-bond donors (Lipinski definition) is 1. The SMILES string of the molecule is C#CCC(N)C(=O)N(C)CCc1cccs1. The molecule has 0 saturated heterocycles. The third-order valence-corrected chi connectivity index (χ3v) is 3.24. The van der Waals surface area contributed by atoms with Gasteiger partial charge in [-0.25, -0.2) is 0 Å². The Hall–Kier alpha value is -1.31. The van der Waals surface area contributed by atoms with Crippen molar-refractivity contribution in [3.63, 3.8) is 0 Å². The van der Waals surface area contributed by atoms with Crippen LogP contribution in [0, 0.1) is 12.3 Å². The number of nitrogens with two attached hydrogens (primary N) is 1. The maximum Gasteiger partial charge on any atom is 0.240 e. The smallest absolute Gasteiger partial charge is 0.240 e. The van der Waals surface area contributed by atoms with Crippen LogP contribution >= 0.6 is 11.3 Å². The molecule has 1 unspecified atom stereocenters. The third kappa shape index (κ3) is 3.69. The van der Waals surface area contributed by atoms with Gasteiger partial charge < -0.3 is 10.6 Å². The van der Waals surface area contributed by atoms with Gasteiger partial charge >= 0.3 is 0 Å². The molecule has 0 radical (unpaired) electrons. The minimum atomic E-state index is -0.571. The molecule has 1 amide bonds. The molecule has 1 aromatic rings. The van der Waals surface area contributed by atoms with Crippen LogP contribution in [-0.2, 0) is 11.2 Å². The predicted octanol–water partition coefficient (Wildman–Crippen LogP) is 1.10. The average molecular weight is 236 g/mol. The van der Waals surface area contributed by atoms with Gasteiger partial charge in [-0.1, -0.05) is 6.07 Å². The lowest BCUT2D eigenvalue weighted by atomic mass is 10.2. The molecule has 2 N–H and O–H groups in total. The number of likely N-dealkylation sites (N-methyl/N-ethyl adjacent to an activating group) is 1. The monoisotopic (exact) mass is 236 g/mol. The van der Waals surface area contributed by atoms with Gasteiger partial charge in [0.05, 0.1) is 6.04 Å². The summed E-state index contributed by atoms with van der Waals surface area (Å²) in [5.41, 5.74) is 5.65. The van der Waals surface area contributed by atoms with Crippen molar-refractivity contribution in [2.24, 2.45) is 5.73 Å². The number of terminal acetylenes is 1. The minimum absolute atomic E-state index is 0.0884. The second-order valence-corrected chi connectivity index (χ2v) is 4.64. The summed E-state index contributed by atoms with van der Waals surface area (Å²) in [5, 5.41) is 2.03. The Bertz CT molecular complexity index is 367. The van der Waals surface area contributed by atoms with Crippen LogP contribution in [0.5, 0.6) is 0 Å². The van der Waals surface area contributed by atoms with Crippen molar-refractivity contribution in [1.29, 1.82) is 0 Å². The van der Waals surface area contributed by atoms with Gasteiger partial charge in [-0.3, -0.25) is 4.79 Å². The third-order valence-electron chi connectivity index (χ3n) is 2.30. The van der Waals surface area contributed by atoms with Crippen molar-refractivity contribution in [2.45, 2.75) is 18.9 Å². The van der Waals surface area contributed by atoms with Crippen molar-refractivity contribution in [1.82, 2.24) is 4.90 Å². The fraction of sp³-hybridized carbons (Fsp3) is 0.417. The molecule has 0 aliphatic rings. The van der Waals surface area contributed by atoms with E-state index in [1.165, 1.54) is 4.88 Å². The molecule has 0 bridgehead atoms. The molecule has 0 saturated carbocycles. The number of carbonyl (C=O) groups is 1. The van der Waals surface area contributed by atoms with Gasteiger partial charge in [0.15, 0.2) is 0 Å². The first-order valence-corrected chi connectivity index (χ1v) is 5.99. The number of carbonyl (C=O) groups excluding carboxylic acids is 1. The number of hydrogen-bond acceptors (Lipinski definition) is 3. The second kappa shape index (κ2) is 6.31. The van der Waals surface area contributed by atoms with Gasteiger partial charge in [-0.2, -0.15) is 0 Å². The van der Waals surface area contributed by atoms with Crippen LogP contribution in [0.1, 0.15) is 11.3 Å². The molecule has 1 aromatic heterocycles. The van der Waals surface area contributed by atoms with E-state index in [9.17, 15) is 4.79 Å². The lowest BCUT2D eigenvalue weighted by molar-refractivity contribution is -0.131. The molecule has 3 nitrogen and oxygen atoms in total. The summed E-state index contributed by atoms with van der Waals surface area (Å²) < 4.78 is 0. The number of rotatable bonds is 5. The highest BCUT2D eigenvalue weighted by Crippen LogP contribution is 2.09. The zero-order valence-corrected chi connectivity index (χ0v) is 10.2. The minimum Gasteiger partial charge on any atom is -0.344 e. The standard InChI is InChI=1S/C12H16N2OS/c1-3-5-11(13)12(15)14(2)8-7-10-6-4-9-16-10/h1,4,6,9,11H,5,7-8,13H2,2H3. The van der Waals surface area contributed by atoms with Gasteiger partial charge in [-0.05, 0) is 17.9 Å². The van der Waals surface area contributed by atoms with Crippen LogP contribution in [0.25, 0.3) is 0 Å². The number of thiophene rings is 1. The summed E-state index contributed by atoms with van der Waals surface area (Å²) in [5.74, 6) is 2.31. The Morgan fingerprint density at radius 3 is 3.06 bits per heavy atom. The Kier molecular flexibility index (Phi) is 5.03. The molecular formula is C12H16N2OS. The largest absolute Gasteiger partial charge is 0.344 e. The second-order valence-electron chi connectivity index (χ2n) is 3.60. The van der Waals surface area contributed by atoms with Crippen molar-refractivity contribution >= 4 is 17.2 Å². The highest BCUT2D eigenvalue weighted by atomic mass is 32.1. The van der Waals surface area contributed by atoms with Crippen molar-refractivity contribution in [2.75, 3.05) is 13.6 Å². The van der Waals surface area contributed by atoms with E-state index in [1.54, 1.807) is 23.3 Å². The molecule has 0 spiro atoms. The van der Waals surface area contributed by atoms with E-state index in [-0.39, 0.29) is 5.91 Å². The summed E-state index contributed by atoms with van der Waals surface area (Å²) in [6.07, 6.45) is 6.28. The molecule has 1 heterocycles. The fourth-order valence-electron chi connectivity index (χ4n) is 1.34. The molecule has 1 atom stereocenters. The molecule has 0 aliphatic heterocycles. The van der Waals surface area contributed by atoms with Crippen molar-refractivity contribution in [3.05, 3.63) is 22.4 Å². The summed E-state index contributed by atoms with van der Waals surface area (Å²) in [4.78, 5) is 14.6. The molecule has 4 heteroatoms. The highest BCUT2D eigenvalue weighted by Gasteiger charge is 2.16. The number of nitrogens with zero attached hydrogens (tertiary/aromatic N) is 1. The first-order chi connectivity index (χ1) is 7.65. The van der Waals surface area contributed by atoms with E-state index in [0.717, 1.165) is 6.42 Å². The summed E-state index contributed by atoms with van der Waals surface area (Å²) >= 11 is 1.69. The Morgan fingerprint density at radius 2 is 2.50 bits per heavy atom. The van der Waals surface area contributed by atoms with Gasteiger partial charge in [0.2, 0.25) is 5.91 Å². The molecule has 0 fully saturated rings. The molecule has 0 aromatic carbocycles.